The van der Waals surface area contributed by atoms with Crippen LogP contribution < -0.4 is 9.62 Å². The minimum atomic E-state index is -3.40. The molecule has 3 aliphatic rings. The smallest absolute Gasteiger partial charge is 0.258 e. The van der Waals surface area contributed by atoms with Crippen molar-refractivity contribution in [2.75, 3.05) is 28.7 Å². The second-order valence-electron chi connectivity index (χ2n) is 10.7. The summed E-state index contributed by atoms with van der Waals surface area (Å²) in [7, 11) is -5.77. The number of nitrogens with zero attached hydrogens (tertiary/aromatic N) is 2. The molecule has 1 spiro atoms. The number of carbonyl (C=O) groups is 1. The molecule has 7 nitrogen and oxygen atoms in total. The molecule has 1 aliphatic heterocycles. The Kier molecular flexibility index (Phi) is 6.66. The van der Waals surface area contributed by atoms with Crippen molar-refractivity contribution < 1.29 is 17.4 Å². The van der Waals surface area contributed by atoms with E-state index in [9.17, 15) is 17.4 Å². The van der Waals surface area contributed by atoms with Crippen LogP contribution in [0.25, 0.3) is 0 Å². The van der Waals surface area contributed by atoms with Gasteiger partial charge in [0, 0.05) is 40.4 Å². The molecule has 194 valence electrons. The number of rotatable bonds is 5. The summed E-state index contributed by atoms with van der Waals surface area (Å²) in [5.74, 6) is -0.108. The number of sulfonamides is 1. The maximum absolute atomic E-state index is 13.8. The van der Waals surface area contributed by atoms with E-state index in [1.807, 2.05) is 29.2 Å². The molecule has 2 aromatic rings. The lowest BCUT2D eigenvalue weighted by Gasteiger charge is -2.34. The van der Waals surface area contributed by atoms with Crippen molar-refractivity contribution in [3.05, 3.63) is 53.6 Å². The molecule has 1 amide bonds. The van der Waals surface area contributed by atoms with E-state index >= 15 is 0 Å². The van der Waals surface area contributed by atoms with Gasteiger partial charge in [-0.1, -0.05) is 38.2 Å². The van der Waals surface area contributed by atoms with Crippen molar-refractivity contribution in [3.63, 3.8) is 0 Å². The van der Waals surface area contributed by atoms with Crippen LogP contribution in [0.2, 0.25) is 0 Å². The van der Waals surface area contributed by atoms with Crippen molar-refractivity contribution in [2.45, 2.75) is 68.5 Å². The van der Waals surface area contributed by atoms with Gasteiger partial charge in [0.1, 0.15) is 0 Å². The predicted octanol–water partition coefficient (Wildman–Crippen LogP) is 5.59. The Morgan fingerprint density at radius 1 is 0.972 bits per heavy atom. The van der Waals surface area contributed by atoms with E-state index in [4.69, 9.17) is 0 Å². The maximum Gasteiger partial charge on any atom is 0.258 e. The van der Waals surface area contributed by atoms with Gasteiger partial charge in [0.05, 0.1) is 21.7 Å². The van der Waals surface area contributed by atoms with E-state index in [0.717, 1.165) is 68.9 Å². The highest BCUT2D eigenvalue weighted by Gasteiger charge is 2.45. The second-order valence-corrected chi connectivity index (χ2v) is 15.1. The lowest BCUT2D eigenvalue weighted by molar-refractivity contribution is 0.0982. The van der Waals surface area contributed by atoms with Crippen LogP contribution in [0.15, 0.2) is 46.8 Å². The first kappa shape index (κ1) is 25.3. The van der Waals surface area contributed by atoms with Gasteiger partial charge in [-0.2, -0.15) is 4.36 Å². The number of benzene rings is 2. The molecule has 2 fully saturated rings. The summed E-state index contributed by atoms with van der Waals surface area (Å²) in [5.41, 5.74) is 3.35. The molecule has 0 aromatic heterocycles. The number of hydrogen-bond donors (Lipinski definition) is 1. The molecule has 5 rings (SSSR count). The van der Waals surface area contributed by atoms with Crippen LogP contribution >= 0.6 is 0 Å². The third-order valence-corrected chi connectivity index (χ3v) is 10.9. The summed E-state index contributed by atoms with van der Waals surface area (Å²) in [5, 5.41) is 0.114. The van der Waals surface area contributed by atoms with Gasteiger partial charge >= 0.3 is 0 Å². The predicted molar refractivity (Wildman–Crippen MR) is 146 cm³/mol. The monoisotopic (exact) mass is 529 g/mol. The molecule has 1 unspecified atom stereocenters. The fraction of sp³-hybridized carbons (Fsp3) is 0.519. The molecule has 9 heteroatoms. The number of hydrogen-bond acceptors (Lipinski definition) is 5. The summed E-state index contributed by atoms with van der Waals surface area (Å²) < 4.78 is 44.2. The molecule has 2 aliphatic carbocycles. The molecule has 0 bridgehead atoms. The molecule has 1 N–H and O–H groups in total. The largest absolute Gasteiger partial charge is 0.307 e. The third kappa shape index (κ3) is 5.05. The van der Waals surface area contributed by atoms with Gasteiger partial charge in [-0.25, -0.2) is 12.6 Å². The summed E-state index contributed by atoms with van der Waals surface area (Å²) in [6.07, 6.45) is 12.3. The highest BCUT2D eigenvalue weighted by Crippen LogP contribution is 2.50. The Hall–Kier alpha value is -2.39. The molecule has 2 saturated carbocycles. The standard InChI is InChI=1S/C27H35N3O4S2/c1-35(32,23-11-4-5-12-23)28-21-10-8-9-20(17-21)26(31)30-19-27(15-6-3-7-16-27)24-18-22(13-14-25(24)30)29-36(2,33)34/h8-10,13-14,17-18,23,29H,3-7,11-12,15-16,19H2,1-2H3. The Morgan fingerprint density at radius 2 is 1.69 bits per heavy atom. The normalized spacial score (nSPS) is 21.2. The average Bonchev–Trinajstić information content (AvgIpc) is 3.47. The van der Waals surface area contributed by atoms with Crippen LogP contribution in [0.3, 0.4) is 0 Å². The zero-order valence-electron chi connectivity index (χ0n) is 21.0. The first-order valence-corrected chi connectivity index (χ1v) is 16.7. The second kappa shape index (κ2) is 9.49. The fourth-order valence-electron chi connectivity index (χ4n) is 6.25. The topological polar surface area (TPSA) is 95.9 Å². The van der Waals surface area contributed by atoms with Crippen molar-refractivity contribution in [1.82, 2.24) is 0 Å². The van der Waals surface area contributed by atoms with Crippen molar-refractivity contribution >= 4 is 42.7 Å². The van der Waals surface area contributed by atoms with Crippen LogP contribution in [0.1, 0.15) is 73.7 Å². The van der Waals surface area contributed by atoms with Crippen LogP contribution in [-0.2, 0) is 25.2 Å². The fourth-order valence-corrected chi connectivity index (χ4v) is 8.69. The summed E-state index contributed by atoms with van der Waals surface area (Å²) in [6.45, 7) is 0.581. The summed E-state index contributed by atoms with van der Waals surface area (Å²) >= 11 is 0. The number of carbonyl (C=O) groups excluding carboxylic acids is 1. The number of nitrogens with one attached hydrogen (secondary N) is 1. The zero-order valence-corrected chi connectivity index (χ0v) is 22.7. The molecule has 0 radical (unpaired) electrons. The average molecular weight is 530 g/mol. The maximum atomic E-state index is 13.8. The highest BCUT2D eigenvalue weighted by atomic mass is 32.2. The first-order chi connectivity index (χ1) is 17.1. The molecular weight excluding hydrogens is 494 g/mol. The van der Waals surface area contributed by atoms with E-state index in [2.05, 4.69) is 9.08 Å². The number of fused-ring (bicyclic) bond motifs is 2. The Balaban J connectivity index is 1.49. The van der Waals surface area contributed by atoms with Gasteiger partial charge in [-0.3, -0.25) is 9.52 Å². The van der Waals surface area contributed by atoms with Crippen LogP contribution in [-0.4, -0.2) is 42.8 Å². The van der Waals surface area contributed by atoms with E-state index in [1.165, 1.54) is 6.42 Å². The van der Waals surface area contributed by atoms with Crippen molar-refractivity contribution in [3.8, 4) is 0 Å². The van der Waals surface area contributed by atoms with Gasteiger partial charge in [-0.05, 0) is 67.6 Å². The third-order valence-electron chi connectivity index (χ3n) is 7.98. The number of anilines is 2. The lowest BCUT2D eigenvalue weighted by atomic mass is 9.70. The highest BCUT2D eigenvalue weighted by molar-refractivity contribution is 7.93. The van der Waals surface area contributed by atoms with Gasteiger partial charge < -0.3 is 4.90 Å². The number of amides is 1. The lowest BCUT2D eigenvalue weighted by Crippen LogP contribution is -2.38. The van der Waals surface area contributed by atoms with Gasteiger partial charge in [0.25, 0.3) is 5.91 Å². The summed E-state index contributed by atoms with van der Waals surface area (Å²) in [4.78, 5) is 15.7. The minimum absolute atomic E-state index is 0.108. The van der Waals surface area contributed by atoms with Crippen LogP contribution in [0.5, 0.6) is 0 Å². The van der Waals surface area contributed by atoms with Gasteiger partial charge in [-0.15, -0.1) is 0 Å². The van der Waals surface area contributed by atoms with Crippen LogP contribution in [0, 0.1) is 0 Å². The SMILES string of the molecule is CS(=O)(=O)Nc1ccc2c(c1)C1(CCCCC1)CN2C(=O)c1cccc(N=S(C)(=O)C2CCCC2)c1. The molecule has 2 aromatic carbocycles. The Morgan fingerprint density at radius 3 is 2.39 bits per heavy atom. The van der Waals surface area contributed by atoms with Gasteiger partial charge in [0.2, 0.25) is 10.0 Å². The summed E-state index contributed by atoms with van der Waals surface area (Å²) in [6, 6.07) is 12.7. The van der Waals surface area contributed by atoms with E-state index in [-0.39, 0.29) is 16.6 Å². The van der Waals surface area contributed by atoms with Gasteiger partial charge in [0.15, 0.2) is 0 Å². The van der Waals surface area contributed by atoms with Crippen LogP contribution in [0.4, 0.5) is 17.1 Å². The Bertz CT molecular complexity index is 1400. The molecule has 1 heterocycles. The van der Waals surface area contributed by atoms with Crippen molar-refractivity contribution in [2.24, 2.45) is 4.36 Å². The van der Waals surface area contributed by atoms with E-state index < -0.39 is 19.8 Å². The first-order valence-electron chi connectivity index (χ1n) is 12.8. The van der Waals surface area contributed by atoms with E-state index in [0.29, 0.717) is 23.5 Å². The molecule has 36 heavy (non-hydrogen) atoms. The zero-order chi connectivity index (χ0) is 25.6. The quantitative estimate of drug-likeness (QED) is 0.546. The molecule has 1 atom stereocenters. The van der Waals surface area contributed by atoms with Crippen molar-refractivity contribution in [1.29, 1.82) is 0 Å². The molecular formula is C27H35N3O4S2. The van der Waals surface area contributed by atoms with E-state index in [1.54, 1.807) is 24.5 Å². The minimum Gasteiger partial charge on any atom is -0.307 e. The molecule has 0 saturated heterocycles. The Labute approximate surface area is 214 Å².